The molecule has 0 saturated heterocycles. The number of hydrogen-bond donors (Lipinski definition) is 1. The van der Waals surface area contributed by atoms with Gasteiger partial charge >= 0.3 is 0 Å². The van der Waals surface area contributed by atoms with Gasteiger partial charge in [-0.05, 0) is 72.9 Å². The summed E-state index contributed by atoms with van der Waals surface area (Å²) in [7, 11) is 1.45. The molecule has 0 radical (unpaired) electrons. The highest BCUT2D eigenvalue weighted by atomic mass is 19.1. The van der Waals surface area contributed by atoms with Crippen LogP contribution in [0.5, 0.6) is 5.75 Å². The molecule has 0 unspecified atom stereocenters. The topological polar surface area (TPSA) is 95.3 Å². The molecule has 34 heavy (non-hydrogen) atoms. The molecule has 0 bridgehead atoms. The quantitative estimate of drug-likeness (QED) is 0.636. The first-order chi connectivity index (χ1) is 16.3. The fourth-order valence-corrected chi connectivity index (χ4v) is 4.08. The van der Waals surface area contributed by atoms with Crippen molar-refractivity contribution in [2.45, 2.75) is 20.3 Å². The summed E-state index contributed by atoms with van der Waals surface area (Å²) in [5.41, 5.74) is 3.91. The minimum absolute atomic E-state index is 0. The van der Waals surface area contributed by atoms with Gasteiger partial charge in [0.1, 0.15) is 24.2 Å². The average molecular weight is 461 g/mol. The summed E-state index contributed by atoms with van der Waals surface area (Å²) in [5.74, 6) is -0.614. The maximum Gasteiger partial charge on any atom is 0.263 e. The van der Waals surface area contributed by atoms with Gasteiger partial charge in [-0.25, -0.2) is 9.37 Å². The first kappa shape index (κ1) is 22.9. The molecule has 1 N–H and O–H groups in total. The van der Waals surface area contributed by atoms with Crippen LogP contribution in [0.25, 0.3) is 0 Å². The first-order valence-corrected chi connectivity index (χ1v) is 10.8. The molecular formula is C26H25FN4O3. The van der Waals surface area contributed by atoms with Gasteiger partial charge in [0.2, 0.25) is 0 Å². The van der Waals surface area contributed by atoms with E-state index in [0.29, 0.717) is 28.9 Å². The summed E-state index contributed by atoms with van der Waals surface area (Å²) in [6.07, 6.45) is 1.91. The van der Waals surface area contributed by atoms with E-state index in [1.54, 1.807) is 30.5 Å². The summed E-state index contributed by atoms with van der Waals surface area (Å²) in [6.45, 7) is 4.33. The molecule has 0 spiro atoms. The molecule has 0 fully saturated rings. The molecule has 4 rings (SSSR count). The third-order valence-electron chi connectivity index (χ3n) is 6.05. The minimum atomic E-state index is -0.606. The number of ether oxygens (including phenoxy) is 1. The second kappa shape index (κ2) is 9.32. The van der Waals surface area contributed by atoms with Gasteiger partial charge in [-0.3, -0.25) is 14.5 Å². The summed E-state index contributed by atoms with van der Waals surface area (Å²) in [5, 5.41) is 11.9. The van der Waals surface area contributed by atoms with Crippen molar-refractivity contribution in [2.24, 2.45) is 0 Å². The normalized spacial score (nSPS) is 12.9. The number of pyridine rings is 1. The summed E-state index contributed by atoms with van der Waals surface area (Å²) < 4.78 is 20.5. The molecule has 0 atom stereocenters. The van der Waals surface area contributed by atoms with Crippen LogP contribution in [0.15, 0.2) is 42.6 Å². The Labute approximate surface area is 198 Å². The molecule has 0 aliphatic carbocycles. The Kier molecular flexibility index (Phi) is 6.28. The van der Waals surface area contributed by atoms with Crippen LogP contribution in [0.2, 0.25) is 0 Å². The third kappa shape index (κ3) is 4.08. The SMILES string of the molecule is CNC(=O)c1ccc(Cc2cc3c(c(C)c2C)OCCN(c2ncccc2C#N)C3=O)cc1F.[HH]. The van der Waals surface area contributed by atoms with Crippen molar-refractivity contribution in [1.82, 2.24) is 10.3 Å². The van der Waals surface area contributed by atoms with E-state index in [1.165, 1.54) is 24.1 Å². The zero-order valence-corrected chi connectivity index (χ0v) is 19.1. The number of benzene rings is 2. The van der Waals surface area contributed by atoms with Gasteiger partial charge in [0.25, 0.3) is 11.8 Å². The molecule has 1 aromatic heterocycles. The van der Waals surface area contributed by atoms with E-state index in [9.17, 15) is 19.2 Å². The minimum Gasteiger partial charge on any atom is -0.491 e. The lowest BCUT2D eigenvalue weighted by molar-refractivity contribution is 0.0957. The number of fused-ring (bicyclic) bond motifs is 1. The van der Waals surface area contributed by atoms with Crippen LogP contribution in [-0.4, -0.2) is 37.0 Å². The summed E-state index contributed by atoms with van der Waals surface area (Å²) in [6, 6.07) is 11.6. The van der Waals surface area contributed by atoms with E-state index in [-0.39, 0.29) is 31.9 Å². The number of nitrogens with zero attached hydrogens (tertiary/aromatic N) is 3. The van der Waals surface area contributed by atoms with Crippen LogP contribution >= 0.6 is 0 Å². The number of hydrogen-bond acceptors (Lipinski definition) is 5. The Morgan fingerprint density at radius 3 is 2.79 bits per heavy atom. The van der Waals surface area contributed by atoms with Crippen LogP contribution in [0, 0.1) is 31.0 Å². The van der Waals surface area contributed by atoms with Gasteiger partial charge in [0.15, 0.2) is 5.82 Å². The fourth-order valence-electron chi connectivity index (χ4n) is 4.08. The largest absolute Gasteiger partial charge is 0.491 e. The lowest BCUT2D eigenvalue weighted by Gasteiger charge is -2.20. The number of aromatic nitrogens is 1. The second-order valence-electron chi connectivity index (χ2n) is 8.02. The number of carbonyl (C=O) groups excluding carboxylic acids is 2. The Morgan fingerprint density at radius 1 is 1.29 bits per heavy atom. The van der Waals surface area contributed by atoms with Crippen molar-refractivity contribution < 1.29 is 20.1 Å². The van der Waals surface area contributed by atoms with Crippen LogP contribution in [0.4, 0.5) is 10.2 Å². The highest BCUT2D eigenvalue weighted by Crippen LogP contribution is 2.34. The molecule has 1 aliphatic heterocycles. The second-order valence-corrected chi connectivity index (χ2v) is 8.02. The monoisotopic (exact) mass is 460 g/mol. The van der Waals surface area contributed by atoms with Crippen molar-refractivity contribution in [2.75, 3.05) is 25.1 Å². The van der Waals surface area contributed by atoms with E-state index in [4.69, 9.17) is 4.74 Å². The molecule has 2 aromatic carbocycles. The van der Waals surface area contributed by atoms with Gasteiger partial charge in [-0.1, -0.05) is 6.07 Å². The van der Waals surface area contributed by atoms with Crippen LogP contribution in [0.1, 0.15) is 50.0 Å². The molecule has 0 saturated carbocycles. The van der Waals surface area contributed by atoms with E-state index < -0.39 is 11.7 Å². The molecule has 8 heteroatoms. The predicted octanol–water partition coefficient (Wildman–Crippen LogP) is 3.94. The van der Waals surface area contributed by atoms with E-state index in [2.05, 4.69) is 16.4 Å². The molecule has 174 valence electrons. The van der Waals surface area contributed by atoms with Crippen molar-refractivity contribution in [3.05, 3.63) is 87.4 Å². The van der Waals surface area contributed by atoms with Crippen LogP contribution in [0.3, 0.4) is 0 Å². The predicted molar refractivity (Wildman–Crippen MR) is 127 cm³/mol. The Morgan fingerprint density at radius 2 is 2.09 bits per heavy atom. The Balaban J connectivity index is 0.00000342. The van der Waals surface area contributed by atoms with Crippen LogP contribution < -0.4 is 15.0 Å². The number of nitrogens with one attached hydrogen (secondary N) is 1. The average Bonchev–Trinajstić information content (AvgIpc) is 3.00. The number of nitriles is 1. The maximum atomic E-state index is 14.5. The van der Waals surface area contributed by atoms with E-state index >= 15 is 0 Å². The summed E-state index contributed by atoms with van der Waals surface area (Å²) >= 11 is 0. The lowest BCUT2D eigenvalue weighted by Crippen LogP contribution is -2.33. The van der Waals surface area contributed by atoms with Gasteiger partial charge < -0.3 is 10.1 Å². The van der Waals surface area contributed by atoms with Crippen molar-refractivity contribution in [1.29, 1.82) is 5.26 Å². The number of amides is 2. The zero-order valence-electron chi connectivity index (χ0n) is 19.1. The first-order valence-electron chi connectivity index (χ1n) is 10.8. The van der Waals surface area contributed by atoms with Crippen molar-refractivity contribution in [3.8, 4) is 11.8 Å². The van der Waals surface area contributed by atoms with Crippen LogP contribution in [-0.2, 0) is 6.42 Å². The lowest BCUT2D eigenvalue weighted by atomic mass is 9.92. The fraction of sp³-hybridized carbons (Fsp3) is 0.231. The molecule has 2 heterocycles. The molecule has 3 aromatic rings. The molecule has 1 aliphatic rings. The molecular weight excluding hydrogens is 435 g/mol. The number of halogens is 1. The van der Waals surface area contributed by atoms with Gasteiger partial charge in [0.05, 0.1) is 23.2 Å². The maximum absolute atomic E-state index is 14.5. The highest BCUT2D eigenvalue weighted by molar-refractivity contribution is 6.08. The third-order valence-corrected chi connectivity index (χ3v) is 6.05. The Bertz CT molecular complexity index is 1350. The highest BCUT2D eigenvalue weighted by Gasteiger charge is 2.29. The van der Waals surface area contributed by atoms with Crippen molar-refractivity contribution >= 4 is 17.6 Å². The van der Waals surface area contributed by atoms with Gasteiger partial charge in [-0.15, -0.1) is 0 Å². The number of carbonyl (C=O) groups is 2. The van der Waals surface area contributed by atoms with E-state index in [0.717, 1.165) is 16.7 Å². The molecule has 2 amide bonds. The number of anilines is 1. The van der Waals surface area contributed by atoms with Crippen molar-refractivity contribution in [3.63, 3.8) is 0 Å². The molecule has 7 nitrogen and oxygen atoms in total. The van der Waals surface area contributed by atoms with E-state index in [1.807, 2.05) is 13.8 Å². The smallest absolute Gasteiger partial charge is 0.263 e. The van der Waals surface area contributed by atoms with Gasteiger partial charge in [-0.2, -0.15) is 5.26 Å². The number of rotatable bonds is 4. The summed E-state index contributed by atoms with van der Waals surface area (Å²) in [4.78, 5) is 31.1. The standard InChI is InChI=1S/C26H23FN4O3.H2/c1-15-16(2)23-21(13-19(15)11-17-6-7-20(22(27)12-17)25(32)29-3)26(33)31(9-10-34-23)24-18(14-28)5-4-8-30-24;/h4-8,12-13H,9-11H2,1-3H3,(H,29,32);1H. The Hall–Kier alpha value is -4.25. The van der Waals surface area contributed by atoms with Gasteiger partial charge in [0, 0.05) is 14.7 Å². The zero-order chi connectivity index (χ0) is 24.4.